The lowest BCUT2D eigenvalue weighted by atomic mass is 9.94. The van der Waals surface area contributed by atoms with E-state index in [0.29, 0.717) is 0 Å². The Hall–Kier alpha value is -1.25. The van der Waals surface area contributed by atoms with Crippen molar-refractivity contribution in [3.05, 3.63) is 35.6 Å². The van der Waals surface area contributed by atoms with Crippen LogP contribution in [0.5, 0.6) is 0 Å². The number of hydrogen-bond acceptors (Lipinski definition) is 5. The second kappa shape index (κ2) is 8.63. The molecule has 0 aliphatic heterocycles. The molecule has 0 spiro atoms. The highest BCUT2D eigenvalue weighted by molar-refractivity contribution is 7.91. The normalized spacial score (nSPS) is 16.5. The van der Waals surface area contributed by atoms with Gasteiger partial charge < -0.3 is 4.55 Å². The molecule has 0 radical (unpaired) electrons. The zero-order valence-electron chi connectivity index (χ0n) is 16.9. The number of sulfonamides is 1. The molecule has 0 unspecified atom stereocenters. The summed E-state index contributed by atoms with van der Waals surface area (Å²) in [6.07, 6.45) is 0. The minimum atomic E-state index is -4.25. The smallest absolute Gasteiger partial charge is 0.217 e. The Kier molecular flexibility index (Phi) is 7.64. The molecule has 1 aromatic rings. The number of nitrogens with zero attached hydrogens (tertiary/aromatic N) is 2. The van der Waals surface area contributed by atoms with Crippen LogP contribution in [0.2, 0.25) is 0 Å². The number of nitrogens with one attached hydrogen (secondary N) is 1. The summed E-state index contributed by atoms with van der Waals surface area (Å²) in [5.41, 5.74) is -3.75. The molecule has 0 aromatic heterocycles. The number of nitriles is 1. The van der Waals surface area contributed by atoms with Gasteiger partial charge in [-0.15, -0.1) is 4.72 Å². The summed E-state index contributed by atoms with van der Waals surface area (Å²) in [5, 5.41) is 9.24. The Labute approximate surface area is 169 Å². The first kappa shape index (κ1) is 24.8. The quantitative estimate of drug-likeness (QED) is 0.633. The van der Waals surface area contributed by atoms with Gasteiger partial charge in [-0.25, -0.2) is 17.2 Å². The van der Waals surface area contributed by atoms with Crippen LogP contribution in [0.3, 0.4) is 0 Å². The van der Waals surface area contributed by atoms with Crippen molar-refractivity contribution in [2.45, 2.75) is 50.4 Å². The summed E-state index contributed by atoms with van der Waals surface area (Å²) >= 11 is -1.89. The van der Waals surface area contributed by atoms with Gasteiger partial charge in [0.2, 0.25) is 10.0 Å². The summed E-state index contributed by atoms with van der Waals surface area (Å²) in [6.45, 7) is 6.34. The minimum absolute atomic E-state index is 0.248. The molecule has 158 valence electrons. The minimum Gasteiger partial charge on any atom is -0.598 e. The van der Waals surface area contributed by atoms with Crippen molar-refractivity contribution < 1.29 is 21.8 Å². The predicted molar refractivity (Wildman–Crippen MR) is 106 cm³/mol. The lowest BCUT2D eigenvalue weighted by Crippen LogP contribution is -2.58. The van der Waals surface area contributed by atoms with Gasteiger partial charge in [0.05, 0.1) is 11.8 Å². The van der Waals surface area contributed by atoms with Crippen LogP contribution < -0.4 is 4.72 Å². The first-order chi connectivity index (χ1) is 12.6. The highest BCUT2D eigenvalue weighted by atomic mass is 32.2. The molecule has 0 bridgehead atoms. The van der Waals surface area contributed by atoms with Crippen molar-refractivity contribution in [1.82, 2.24) is 9.03 Å². The predicted octanol–water partition coefficient (Wildman–Crippen LogP) is 2.61. The van der Waals surface area contributed by atoms with Gasteiger partial charge in [-0.3, -0.25) is 0 Å². The molecule has 10 heteroatoms. The van der Waals surface area contributed by atoms with E-state index in [1.807, 2.05) is 6.07 Å². The van der Waals surface area contributed by atoms with Gasteiger partial charge in [0.1, 0.15) is 28.3 Å². The van der Waals surface area contributed by atoms with Gasteiger partial charge in [-0.2, -0.15) is 9.57 Å². The third kappa shape index (κ3) is 5.42. The number of rotatable bonds is 8. The molecule has 1 N–H and O–H groups in total. The summed E-state index contributed by atoms with van der Waals surface area (Å²) in [5.74, 6) is -1.74. The Morgan fingerprint density at radius 1 is 1.25 bits per heavy atom. The van der Waals surface area contributed by atoms with Crippen LogP contribution in [0.25, 0.3) is 0 Å². The van der Waals surface area contributed by atoms with Gasteiger partial charge in [0.15, 0.2) is 0 Å². The van der Waals surface area contributed by atoms with E-state index in [1.165, 1.54) is 39.1 Å². The van der Waals surface area contributed by atoms with Gasteiger partial charge in [-0.1, -0.05) is 18.2 Å². The lowest BCUT2D eigenvalue weighted by Gasteiger charge is -2.38. The fourth-order valence-electron chi connectivity index (χ4n) is 2.31. The molecule has 0 saturated carbocycles. The first-order valence-corrected chi connectivity index (χ1v) is 11.3. The third-order valence-electron chi connectivity index (χ3n) is 4.37. The van der Waals surface area contributed by atoms with E-state index >= 15 is 0 Å². The molecule has 6 nitrogen and oxygen atoms in total. The van der Waals surface area contributed by atoms with E-state index in [-0.39, 0.29) is 5.56 Å². The number of hydrogen-bond donors (Lipinski definition) is 1. The average molecular weight is 436 g/mol. The maximum absolute atomic E-state index is 14.5. The summed E-state index contributed by atoms with van der Waals surface area (Å²) in [7, 11) is -3.05. The molecule has 1 aromatic carbocycles. The van der Waals surface area contributed by atoms with Crippen LogP contribution in [0.15, 0.2) is 24.3 Å². The van der Waals surface area contributed by atoms with Crippen LogP contribution >= 0.6 is 0 Å². The molecule has 0 fully saturated rings. The van der Waals surface area contributed by atoms with Crippen molar-refractivity contribution in [1.29, 1.82) is 5.26 Å². The van der Waals surface area contributed by atoms with Gasteiger partial charge in [-0.05, 0) is 40.7 Å². The highest BCUT2D eigenvalue weighted by Gasteiger charge is 2.48. The van der Waals surface area contributed by atoms with Gasteiger partial charge >= 0.3 is 0 Å². The monoisotopic (exact) mass is 435 g/mol. The summed E-state index contributed by atoms with van der Waals surface area (Å²) in [6, 6.07) is 7.04. The summed E-state index contributed by atoms with van der Waals surface area (Å²) in [4.78, 5) is 0. The van der Waals surface area contributed by atoms with E-state index in [1.54, 1.807) is 20.8 Å². The van der Waals surface area contributed by atoms with E-state index in [9.17, 15) is 27.0 Å². The topological polar surface area (TPSA) is 96.3 Å². The Bertz CT molecular complexity index is 835. The van der Waals surface area contributed by atoms with Crippen LogP contribution in [0.1, 0.15) is 40.2 Å². The molecule has 1 rings (SSSR count). The molecule has 0 heterocycles. The average Bonchev–Trinajstić information content (AvgIpc) is 2.59. The fraction of sp³-hybridized carbons (Fsp3) is 0.611. The zero-order chi connectivity index (χ0) is 22.0. The molecule has 0 saturated heterocycles. The molecule has 2 atom stereocenters. The molecule has 0 amide bonds. The van der Waals surface area contributed by atoms with Crippen molar-refractivity contribution >= 4 is 21.4 Å². The van der Waals surface area contributed by atoms with Crippen molar-refractivity contribution in [2.24, 2.45) is 0 Å². The molecule has 0 aliphatic carbocycles. The maximum Gasteiger partial charge on any atom is 0.217 e. The standard InChI is InChI=1S/C18H27F2N3O3S2/c1-16(2,3)27(24)22-18(11-19,14-9-7-8-10-15(14)20)13-28(25,26)23(6)17(4,5)12-21/h7-10,22H,11,13H2,1-6H3/t18-,27+/m0/s1. The second-order valence-electron chi connectivity index (χ2n) is 8.07. The van der Waals surface area contributed by atoms with Gasteiger partial charge in [0, 0.05) is 24.0 Å². The van der Waals surface area contributed by atoms with E-state index in [0.717, 1.165) is 10.4 Å². The molecular weight excluding hydrogens is 408 g/mol. The number of alkyl halides is 1. The van der Waals surface area contributed by atoms with Gasteiger partial charge in [0.25, 0.3) is 0 Å². The van der Waals surface area contributed by atoms with Crippen LogP contribution in [0, 0.1) is 17.1 Å². The van der Waals surface area contributed by atoms with Crippen LogP contribution in [0.4, 0.5) is 8.78 Å². The number of halogens is 2. The molecular formula is C18H27F2N3O3S2. The van der Waals surface area contributed by atoms with Crippen molar-refractivity contribution in [3.8, 4) is 6.07 Å². The summed E-state index contributed by atoms with van der Waals surface area (Å²) < 4.78 is 70.0. The Morgan fingerprint density at radius 2 is 1.79 bits per heavy atom. The van der Waals surface area contributed by atoms with E-state index < -0.39 is 55.5 Å². The first-order valence-electron chi connectivity index (χ1n) is 8.51. The largest absolute Gasteiger partial charge is 0.598 e. The Morgan fingerprint density at radius 3 is 2.21 bits per heavy atom. The molecule has 28 heavy (non-hydrogen) atoms. The fourth-order valence-corrected chi connectivity index (χ4v) is 5.15. The molecule has 0 aliphatic rings. The SMILES string of the molecule is CN(C(C)(C)C#N)S(=O)(=O)C[C@](CF)(N[S@+]([O-])C(C)(C)C)c1ccccc1F. The maximum atomic E-state index is 14.5. The lowest BCUT2D eigenvalue weighted by molar-refractivity contribution is 0.285. The number of benzene rings is 1. The van der Waals surface area contributed by atoms with Crippen molar-refractivity contribution in [3.63, 3.8) is 0 Å². The Balaban J connectivity index is 3.55. The zero-order valence-corrected chi connectivity index (χ0v) is 18.5. The van der Waals surface area contributed by atoms with E-state index in [4.69, 9.17) is 0 Å². The highest BCUT2D eigenvalue weighted by Crippen LogP contribution is 2.32. The third-order valence-corrected chi connectivity index (χ3v) is 8.21. The second-order valence-corrected chi connectivity index (χ2v) is 12.0. The van der Waals surface area contributed by atoms with E-state index in [2.05, 4.69) is 4.72 Å². The van der Waals surface area contributed by atoms with Crippen molar-refractivity contribution in [2.75, 3.05) is 19.5 Å². The van der Waals surface area contributed by atoms with Crippen LogP contribution in [-0.2, 0) is 26.9 Å². The van der Waals surface area contributed by atoms with Crippen LogP contribution in [-0.4, -0.2) is 47.0 Å².